The van der Waals surface area contributed by atoms with Crippen LogP contribution in [0.25, 0.3) is 43.6 Å². The highest BCUT2D eigenvalue weighted by molar-refractivity contribution is 8.76. The lowest BCUT2D eigenvalue weighted by Gasteiger charge is -2.09. The Bertz CT molecular complexity index is 2870. The second kappa shape index (κ2) is 18.3. The molecule has 0 aliphatic heterocycles. The Hall–Kier alpha value is -5.70. The van der Waals surface area contributed by atoms with Crippen molar-refractivity contribution in [1.29, 1.82) is 0 Å². The first-order valence-corrected chi connectivity index (χ1v) is 24.0. The average molecular weight is 857 g/mol. The van der Waals surface area contributed by atoms with Gasteiger partial charge < -0.3 is 9.13 Å². The van der Waals surface area contributed by atoms with Crippen molar-refractivity contribution in [1.82, 2.24) is 9.13 Å². The maximum Gasteiger partial charge on any atom is 0.193 e. The van der Waals surface area contributed by atoms with Crippen LogP contribution in [-0.4, -0.2) is 38.0 Å². The number of aryl methyl sites for hydroxylation is 5. The summed E-state index contributed by atoms with van der Waals surface area (Å²) >= 11 is 0. The third-order valence-electron chi connectivity index (χ3n) is 12.3. The molecule has 6 aromatic carbocycles. The fourth-order valence-corrected chi connectivity index (χ4v) is 11.2. The standard InChI is InChI=1S/C54H52N2O4S2/c1-7-55-49-22-15-38(35(5)57)29-45(49)47-31-40(17-24-51(47)55)53(59)43-20-14-37(27-33(43)3)13-11-9-10-12-26-61-62-42-19-21-44(34(4)28-42)54(60)41-18-25-52-48(32-41)46-30-39(36(6)58)16-23-50(46)56(52)8-2/h14-25,27-32H,7-13,26H2,1-6H3. The Morgan fingerprint density at radius 1 is 0.484 bits per heavy atom. The second-order valence-electron chi connectivity index (χ2n) is 16.4. The van der Waals surface area contributed by atoms with Crippen molar-refractivity contribution < 1.29 is 19.2 Å². The van der Waals surface area contributed by atoms with E-state index in [0.717, 1.165) is 116 Å². The van der Waals surface area contributed by atoms with Crippen molar-refractivity contribution in [2.45, 2.75) is 91.6 Å². The van der Waals surface area contributed by atoms with Gasteiger partial charge in [-0.05, 0) is 168 Å². The van der Waals surface area contributed by atoms with Gasteiger partial charge in [0.25, 0.3) is 0 Å². The van der Waals surface area contributed by atoms with Crippen LogP contribution < -0.4 is 0 Å². The molecule has 0 spiro atoms. The van der Waals surface area contributed by atoms with Gasteiger partial charge in [-0.2, -0.15) is 0 Å². The molecule has 0 N–H and O–H groups in total. The van der Waals surface area contributed by atoms with E-state index in [0.29, 0.717) is 27.8 Å². The van der Waals surface area contributed by atoms with Crippen LogP contribution in [0.1, 0.15) is 123 Å². The molecule has 0 saturated carbocycles. The summed E-state index contributed by atoms with van der Waals surface area (Å²) < 4.78 is 4.46. The molecule has 0 fully saturated rings. The maximum absolute atomic E-state index is 13.8. The molecule has 0 aliphatic carbocycles. The van der Waals surface area contributed by atoms with Crippen molar-refractivity contribution in [3.05, 3.63) is 159 Å². The number of aromatic nitrogens is 2. The van der Waals surface area contributed by atoms with Crippen molar-refractivity contribution in [3.63, 3.8) is 0 Å². The lowest BCUT2D eigenvalue weighted by molar-refractivity contribution is 0.100. The molecule has 8 rings (SSSR count). The van der Waals surface area contributed by atoms with Crippen LogP contribution in [0.15, 0.2) is 114 Å². The van der Waals surface area contributed by atoms with Crippen molar-refractivity contribution in [2.75, 3.05) is 5.75 Å². The summed E-state index contributed by atoms with van der Waals surface area (Å²) in [7, 11) is 3.62. The van der Waals surface area contributed by atoms with Gasteiger partial charge in [-0.25, -0.2) is 0 Å². The first kappa shape index (κ1) is 43.0. The molecule has 0 aliphatic rings. The van der Waals surface area contributed by atoms with Crippen LogP contribution in [0, 0.1) is 13.8 Å². The van der Waals surface area contributed by atoms with Crippen molar-refractivity contribution in [2.24, 2.45) is 0 Å². The smallest absolute Gasteiger partial charge is 0.193 e. The molecular weight excluding hydrogens is 805 g/mol. The number of ketones is 4. The molecule has 62 heavy (non-hydrogen) atoms. The highest BCUT2D eigenvalue weighted by Crippen LogP contribution is 2.36. The summed E-state index contributed by atoms with van der Waals surface area (Å²) in [6, 6.07) is 35.9. The zero-order valence-corrected chi connectivity index (χ0v) is 38.0. The van der Waals surface area contributed by atoms with E-state index in [1.165, 1.54) is 5.56 Å². The van der Waals surface area contributed by atoms with Gasteiger partial charge in [-0.1, -0.05) is 52.6 Å². The predicted octanol–water partition coefficient (Wildman–Crippen LogP) is 14.0. The first-order valence-electron chi connectivity index (χ1n) is 21.7. The summed E-state index contributed by atoms with van der Waals surface area (Å²) in [5.41, 5.74) is 11.6. The normalized spacial score (nSPS) is 11.6. The first-order chi connectivity index (χ1) is 30.0. The van der Waals surface area contributed by atoms with Crippen molar-refractivity contribution in [3.8, 4) is 0 Å². The van der Waals surface area contributed by atoms with E-state index in [2.05, 4.69) is 47.2 Å². The Morgan fingerprint density at radius 3 is 1.37 bits per heavy atom. The largest absolute Gasteiger partial charge is 0.341 e. The van der Waals surface area contributed by atoms with E-state index in [-0.39, 0.29) is 23.1 Å². The quantitative estimate of drug-likeness (QED) is 0.0516. The average Bonchev–Trinajstić information content (AvgIpc) is 3.77. The van der Waals surface area contributed by atoms with Crippen LogP contribution >= 0.6 is 21.6 Å². The van der Waals surface area contributed by atoms with Crippen LogP contribution in [0.4, 0.5) is 0 Å². The molecule has 0 radical (unpaired) electrons. The highest BCUT2D eigenvalue weighted by Gasteiger charge is 2.19. The Kier molecular flexibility index (Phi) is 12.7. The van der Waals surface area contributed by atoms with Crippen molar-refractivity contribution >= 4 is 88.3 Å². The van der Waals surface area contributed by atoms with E-state index < -0.39 is 0 Å². The van der Waals surface area contributed by atoms with Crippen LogP contribution in [0.3, 0.4) is 0 Å². The van der Waals surface area contributed by atoms with E-state index in [1.54, 1.807) is 24.6 Å². The zero-order chi connectivity index (χ0) is 43.7. The Morgan fingerprint density at radius 2 is 0.919 bits per heavy atom. The van der Waals surface area contributed by atoms with E-state index in [9.17, 15) is 19.2 Å². The third-order valence-corrected chi connectivity index (χ3v) is 14.7. The number of nitrogens with zero attached hydrogens (tertiary/aromatic N) is 2. The van der Waals surface area contributed by atoms with Crippen LogP contribution in [0.5, 0.6) is 0 Å². The molecule has 0 unspecified atom stereocenters. The number of carbonyl (C=O) groups excluding carboxylic acids is 4. The van der Waals surface area contributed by atoms with E-state index in [1.807, 2.05) is 110 Å². The second-order valence-corrected chi connectivity index (χ2v) is 18.9. The van der Waals surface area contributed by atoms with E-state index in [4.69, 9.17) is 0 Å². The zero-order valence-electron chi connectivity index (χ0n) is 36.4. The predicted molar refractivity (Wildman–Crippen MR) is 260 cm³/mol. The Balaban J connectivity index is 0.813. The number of unbranched alkanes of at least 4 members (excludes halogenated alkanes) is 3. The fraction of sp³-hybridized carbons (Fsp3) is 0.259. The molecule has 2 aromatic heterocycles. The van der Waals surface area contributed by atoms with Gasteiger partial charge in [-0.3, -0.25) is 19.2 Å². The van der Waals surface area contributed by atoms with Crippen LogP contribution in [0.2, 0.25) is 0 Å². The molecule has 8 aromatic rings. The summed E-state index contributed by atoms with van der Waals surface area (Å²) in [6.45, 7) is 13.0. The molecule has 0 bridgehead atoms. The minimum absolute atomic E-state index is 0.00480. The Labute approximate surface area is 371 Å². The lowest BCUT2D eigenvalue weighted by atomic mass is 9.95. The number of hydrogen-bond acceptors (Lipinski definition) is 6. The minimum atomic E-state index is 0.00480. The summed E-state index contributed by atoms with van der Waals surface area (Å²) in [5.74, 6) is 1.14. The summed E-state index contributed by atoms with van der Waals surface area (Å²) in [6.07, 6.45) is 5.55. The monoisotopic (exact) mass is 856 g/mol. The van der Waals surface area contributed by atoms with Crippen LogP contribution in [-0.2, 0) is 19.5 Å². The highest BCUT2D eigenvalue weighted by atomic mass is 33.1. The van der Waals surface area contributed by atoms with Gasteiger partial charge in [0.1, 0.15) is 0 Å². The fourth-order valence-electron chi connectivity index (χ4n) is 8.95. The maximum atomic E-state index is 13.8. The van der Waals surface area contributed by atoms with Gasteiger partial charge in [0.2, 0.25) is 0 Å². The van der Waals surface area contributed by atoms with Gasteiger partial charge >= 0.3 is 0 Å². The van der Waals surface area contributed by atoms with E-state index >= 15 is 0 Å². The number of hydrogen-bond donors (Lipinski definition) is 0. The van der Waals surface area contributed by atoms with Gasteiger partial charge in [0.05, 0.1) is 0 Å². The molecule has 0 saturated heterocycles. The van der Waals surface area contributed by atoms with Gasteiger partial charge in [0.15, 0.2) is 23.1 Å². The summed E-state index contributed by atoms with van der Waals surface area (Å²) in [5, 5.41) is 3.98. The molecule has 0 atom stereocenters. The number of carbonyl (C=O) groups is 4. The number of rotatable bonds is 17. The molecule has 8 heteroatoms. The van der Waals surface area contributed by atoms with Gasteiger partial charge in [0, 0.05) is 101 Å². The third kappa shape index (κ3) is 8.43. The lowest BCUT2D eigenvalue weighted by Crippen LogP contribution is -2.04. The number of benzene rings is 6. The summed E-state index contributed by atoms with van der Waals surface area (Å²) in [4.78, 5) is 53.1. The molecule has 0 amide bonds. The number of fused-ring (bicyclic) bond motifs is 6. The minimum Gasteiger partial charge on any atom is -0.341 e. The topological polar surface area (TPSA) is 78.1 Å². The molecule has 6 nitrogen and oxygen atoms in total. The number of Topliss-reactive ketones (excluding diaryl/α,β-unsaturated/α-hetero) is 2. The molecule has 2 heterocycles. The molecular formula is C54H52N2O4S2. The SMILES string of the molecule is CCn1c2ccc(C(C)=O)cc2c2cc(C(=O)c3ccc(CCCCCCSSc4ccc(C(=O)c5ccc6c(c5)c5cc(C(C)=O)ccc5n6CC)c(C)c4)cc3C)ccc21. The molecule has 314 valence electrons. The van der Waals surface area contributed by atoms with Gasteiger partial charge in [-0.15, -0.1) is 0 Å².